The summed E-state index contributed by atoms with van der Waals surface area (Å²) in [6.07, 6.45) is 4.77. The molecule has 1 fully saturated rings. The van der Waals surface area contributed by atoms with Gasteiger partial charge in [0.15, 0.2) is 23.9 Å². The molecule has 0 spiro atoms. The topological polar surface area (TPSA) is 130 Å². The molecule has 2 atom stereocenters. The summed E-state index contributed by atoms with van der Waals surface area (Å²) in [4.78, 5) is 32.9. The monoisotopic (exact) mass is 729 g/mol. The zero-order valence-electron chi connectivity index (χ0n) is 27.6. The maximum absolute atomic E-state index is 13.6. The maximum Gasteiger partial charge on any atom is 0.339 e. The van der Waals surface area contributed by atoms with Crippen LogP contribution < -0.4 is 19.8 Å². The second-order valence-electron chi connectivity index (χ2n) is 11.7. The maximum atomic E-state index is 13.6. The minimum atomic E-state index is -0.738. The number of hydrogen-bond acceptors (Lipinski definition) is 10. The minimum Gasteiger partial charge on any atom is -0.870 e. The van der Waals surface area contributed by atoms with Gasteiger partial charge in [0.1, 0.15) is 22.2 Å². The van der Waals surface area contributed by atoms with Gasteiger partial charge in [-0.25, -0.2) is 14.6 Å². The van der Waals surface area contributed by atoms with E-state index < -0.39 is 18.1 Å². The summed E-state index contributed by atoms with van der Waals surface area (Å²) in [6.45, 7) is 2.78. The van der Waals surface area contributed by atoms with E-state index in [-0.39, 0.29) is 17.9 Å². The fourth-order valence-electron chi connectivity index (χ4n) is 5.61. The molecule has 3 N–H and O–H groups in total. The average molecular weight is 731 g/mol. The summed E-state index contributed by atoms with van der Waals surface area (Å²) >= 11 is 14.4. The number of thiophene rings is 1. The number of aromatic nitrogens is 1. The summed E-state index contributed by atoms with van der Waals surface area (Å²) in [7, 11) is 5.21. The molecule has 0 amide bonds. The Morgan fingerprint density at radius 2 is 1.67 bits per heavy atom. The zero-order chi connectivity index (χ0) is 34.0. The van der Waals surface area contributed by atoms with E-state index in [1.54, 1.807) is 50.2 Å². The van der Waals surface area contributed by atoms with Crippen LogP contribution in [-0.2, 0) is 27.2 Å². The van der Waals surface area contributed by atoms with Gasteiger partial charge in [-0.05, 0) is 68.2 Å². The van der Waals surface area contributed by atoms with E-state index in [0.717, 1.165) is 36.4 Å². The molecule has 0 radical (unpaired) electrons. The van der Waals surface area contributed by atoms with Gasteiger partial charge in [0, 0.05) is 28.8 Å². The molecular weight excluding hydrogens is 689 g/mol. The van der Waals surface area contributed by atoms with Gasteiger partial charge < -0.3 is 29.3 Å². The predicted octanol–water partition coefficient (Wildman–Crippen LogP) is 6.57. The van der Waals surface area contributed by atoms with Crippen LogP contribution in [0.4, 0.5) is 0 Å². The van der Waals surface area contributed by atoms with Gasteiger partial charge in [-0.2, -0.15) is 0 Å². The van der Waals surface area contributed by atoms with Crippen molar-refractivity contribution in [2.45, 2.75) is 38.0 Å². The number of nitrogens with zero attached hydrogens (tertiary/aromatic N) is 1. The van der Waals surface area contributed by atoms with Crippen LogP contribution in [0.25, 0.3) is 0 Å². The van der Waals surface area contributed by atoms with Crippen LogP contribution in [0.2, 0.25) is 10.0 Å². The summed E-state index contributed by atoms with van der Waals surface area (Å²) in [6, 6.07) is 16.0. The summed E-state index contributed by atoms with van der Waals surface area (Å²) in [5, 5.41) is 5.94. The van der Waals surface area contributed by atoms with Crippen LogP contribution in [-0.4, -0.2) is 63.3 Å². The highest BCUT2D eigenvalue weighted by Crippen LogP contribution is 2.35. The number of halogens is 2. The molecule has 1 saturated heterocycles. The number of nitrogens with one attached hydrogen (secondary N) is 2. The average Bonchev–Trinajstić information content (AvgIpc) is 3.58. The van der Waals surface area contributed by atoms with Gasteiger partial charge in [-0.1, -0.05) is 59.6 Å². The lowest BCUT2D eigenvalue weighted by molar-refractivity contribution is -0.377. The van der Waals surface area contributed by atoms with Crippen molar-refractivity contribution in [2.75, 3.05) is 41.0 Å². The van der Waals surface area contributed by atoms with Crippen LogP contribution in [0.15, 0.2) is 72.4 Å². The lowest BCUT2D eigenvalue weighted by Gasteiger charge is -2.29. The van der Waals surface area contributed by atoms with E-state index in [1.165, 1.54) is 11.3 Å². The number of pyridine rings is 1. The second kappa shape index (κ2) is 18.3. The van der Waals surface area contributed by atoms with Gasteiger partial charge in [0.25, 0.3) is 0 Å². The van der Waals surface area contributed by atoms with Crippen LogP contribution in [0.5, 0.6) is 11.5 Å². The molecule has 10 nitrogen and oxygen atoms in total. The number of esters is 2. The van der Waals surface area contributed by atoms with E-state index >= 15 is 0 Å². The molecule has 0 aliphatic carbocycles. The quantitative estimate of drug-likeness (QED) is 0.143. The smallest absolute Gasteiger partial charge is 0.339 e. The summed E-state index contributed by atoms with van der Waals surface area (Å²) in [5.41, 5.74) is 2.52. The lowest BCUT2D eigenvalue weighted by atomic mass is 9.98. The predicted molar refractivity (Wildman–Crippen MR) is 188 cm³/mol. The number of ether oxygens (including phenoxy) is 4. The number of methoxy groups -OCH3 is 2. The van der Waals surface area contributed by atoms with Gasteiger partial charge in [0.05, 0.1) is 26.4 Å². The van der Waals surface area contributed by atoms with Crippen LogP contribution in [0.3, 0.4) is 0 Å². The molecule has 1 aliphatic rings. The number of benzene rings is 2. The Morgan fingerprint density at radius 1 is 0.980 bits per heavy atom. The molecule has 3 heterocycles. The Labute approximate surface area is 300 Å². The molecule has 262 valence electrons. The van der Waals surface area contributed by atoms with E-state index in [0.29, 0.717) is 57.3 Å². The first-order chi connectivity index (χ1) is 23.2. The van der Waals surface area contributed by atoms with Crippen molar-refractivity contribution >= 4 is 46.5 Å². The molecule has 0 bridgehead atoms. The van der Waals surface area contributed by atoms with Crippen molar-refractivity contribution in [2.24, 2.45) is 5.92 Å². The normalized spacial score (nSPS) is 14.7. The van der Waals surface area contributed by atoms with Crippen molar-refractivity contribution < 1.29 is 39.0 Å². The molecule has 2 aromatic carbocycles. The number of carbonyl (C=O) groups is 2. The van der Waals surface area contributed by atoms with Crippen molar-refractivity contribution in [3.8, 4) is 11.5 Å². The fourth-order valence-corrected chi connectivity index (χ4v) is 6.95. The molecule has 1 unspecified atom stereocenters. The first kappa shape index (κ1) is 38.1. The van der Waals surface area contributed by atoms with E-state index in [2.05, 4.69) is 22.2 Å². The van der Waals surface area contributed by atoms with E-state index in [9.17, 15) is 9.59 Å². The number of piperidine rings is 1. The molecule has 4 aromatic rings. The number of H-pyrrole nitrogens is 1. The third-order valence-electron chi connectivity index (χ3n) is 8.45. The fraction of sp³-hybridized carbons (Fsp3) is 0.361. The summed E-state index contributed by atoms with van der Waals surface area (Å²) in [5.74, 6) is 0.583. The lowest BCUT2D eigenvalue weighted by Crippen LogP contribution is -2.34. The van der Waals surface area contributed by atoms with Crippen LogP contribution in [0.1, 0.15) is 56.9 Å². The van der Waals surface area contributed by atoms with Crippen molar-refractivity contribution in [1.29, 1.82) is 0 Å². The number of hydrogen-bond donors (Lipinski definition) is 1. The largest absolute Gasteiger partial charge is 0.870 e. The standard InChI is InChI=1S/C36H39Cl2N3O6S.H2O/c1-41-13-11-23(12-14-41)21-46-36(43)34(24-7-5-4-6-8-24)40-18-27-15-26(22-48-27)35(42)47-32(17-28-29(37)19-39-20-30(28)38)25-9-10-31(44-2)33(16-25)45-3;/h4-10,15-16,19-20,22-23,32,34,40H,11-14,17-18,21H2,1-3H3;1H2/t32-,34?;/m0./s1. The van der Waals surface area contributed by atoms with Gasteiger partial charge >= 0.3 is 11.9 Å². The Bertz CT molecular complexity index is 1660. The molecule has 49 heavy (non-hydrogen) atoms. The third kappa shape index (κ3) is 10.2. The Morgan fingerprint density at radius 3 is 2.35 bits per heavy atom. The number of rotatable bonds is 14. The highest BCUT2D eigenvalue weighted by molar-refractivity contribution is 7.10. The SMILES string of the molecule is COc1ccc([C@H](Cc2c(Cl)c[nH+]cc2Cl)OC(=O)c2csc(CNC(C(=O)OCC3CCN(C)CC3)c3ccccc3)c2)cc1OC.[OH-]. The second-order valence-corrected chi connectivity index (χ2v) is 13.6. The zero-order valence-corrected chi connectivity index (χ0v) is 29.9. The van der Waals surface area contributed by atoms with Gasteiger partial charge in [0.2, 0.25) is 0 Å². The number of aromatic amines is 1. The molecular formula is C36H41Cl2N3O7S. The third-order valence-corrected chi connectivity index (χ3v) is 10.1. The molecule has 13 heteroatoms. The Hall–Kier alpha value is -3.71. The first-order valence-corrected chi connectivity index (χ1v) is 17.4. The van der Waals surface area contributed by atoms with Gasteiger partial charge in [-0.15, -0.1) is 11.3 Å². The first-order valence-electron chi connectivity index (χ1n) is 15.7. The highest BCUT2D eigenvalue weighted by atomic mass is 35.5. The summed E-state index contributed by atoms with van der Waals surface area (Å²) < 4.78 is 22.8. The number of carbonyl (C=O) groups excluding carboxylic acids is 2. The van der Waals surface area contributed by atoms with Crippen molar-refractivity contribution in [3.05, 3.63) is 110 Å². The molecule has 5 rings (SSSR count). The minimum absolute atomic E-state index is 0. The van der Waals surface area contributed by atoms with Crippen molar-refractivity contribution in [3.63, 3.8) is 0 Å². The number of likely N-dealkylation sites (tertiary alicyclic amines) is 1. The molecule has 1 aliphatic heterocycles. The van der Waals surface area contributed by atoms with Crippen LogP contribution >= 0.6 is 34.5 Å². The van der Waals surface area contributed by atoms with Gasteiger partial charge in [-0.3, -0.25) is 5.32 Å². The Kier molecular flexibility index (Phi) is 14.3. The van der Waals surface area contributed by atoms with E-state index in [4.69, 9.17) is 42.1 Å². The molecule has 2 aromatic heterocycles. The highest BCUT2D eigenvalue weighted by Gasteiger charge is 2.27. The Balaban J connectivity index is 0.00000541. The van der Waals surface area contributed by atoms with Crippen LogP contribution in [0, 0.1) is 5.92 Å². The van der Waals surface area contributed by atoms with E-state index in [1.807, 2.05) is 36.4 Å². The molecule has 0 saturated carbocycles. The van der Waals surface area contributed by atoms with Crippen molar-refractivity contribution in [1.82, 2.24) is 10.2 Å².